The summed E-state index contributed by atoms with van der Waals surface area (Å²) in [7, 11) is 1.60. The van der Waals surface area contributed by atoms with Crippen LogP contribution in [0.2, 0.25) is 0 Å². The fourth-order valence-corrected chi connectivity index (χ4v) is 3.39. The second kappa shape index (κ2) is 8.69. The summed E-state index contributed by atoms with van der Waals surface area (Å²) in [6.45, 7) is 6.86. The van der Waals surface area contributed by atoms with Gasteiger partial charge in [0.2, 0.25) is 5.91 Å². The molecule has 8 heteroatoms. The molecule has 0 saturated heterocycles. The first-order valence-electron chi connectivity index (χ1n) is 10.2. The van der Waals surface area contributed by atoms with Gasteiger partial charge < -0.3 is 15.5 Å². The molecule has 0 spiro atoms. The molecule has 0 aliphatic carbocycles. The molecule has 8 nitrogen and oxygen atoms in total. The van der Waals surface area contributed by atoms with Crippen molar-refractivity contribution in [2.45, 2.75) is 52.2 Å². The molecule has 1 aromatic carbocycles. The number of fused-ring (bicyclic) bond motifs is 1. The van der Waals surface area contributed by atoms with Crippen LogP contribution in [-0.2, 0) is 17.9 Å². The van der Waals surface area contributed by atoms with Gasteiger partial charge in [-0.25, -0.2) is 0 Å². The van der Waals surface area contributed by atoms with Crippen molar-refractivity contribution < 1.29 is 14.4 Å². The lowest BCUT2D eigenvalue weighted by Gasteiger charge is -2.40. The third kappa shape index (κ3) is 4.22. The predicted molar refractivity (Wildman–Crippen MR) is 113 cm³/mol. The molecule has 3 rings (SSSR count). The molecule has 1 atom stereocenters. The normalized spacial score (nSPS) is 18.1. The van der Waals surface area contributed by atoms with E-state index in [1.165, 1.54) is 15.6 Å². The van der Waals surface area contributed by atoms with E-state index >= 15 is 0 Å². The number of aryl methyl sites for hydroxylation is 1. The van der Waals surface area contributed by atoms with Crippen LogP contribution in [0.3, 0.4) is 0 Å². The monoisotopic (exact) mass is 411 g/mol. The lowest BCUT2D eigenvalue weighted by molar-refractivity contribution is -0.132. The van der Waals surface area contributed by atoms with E-state index in [9.17, 15) is 14.4 Å². The molecule has 0 fully saturated rings. The summed E-state index contributed by atoms with van der Waals surface area (Å²) < 4.78 is 1.46. The highest BCUT2D eigenvalue weighted by atomic mass is 16.2. The van der Waals surface area contributed by atoms with Crippen molar-refractivity contribution >= 4 is 17.7 Å². The van der Waals surface area contributed by atoms with Gasteiger partial charge in [-0.05, 0) is 25.8 Å². The average Bonchev–Trinajstić information content (AvgIpc) is 3.15. The Morgan fingerprint density at radius 2 is 1.90 bits per heavy atom. The van der Waals surface area contributed by atoms with Crippen LogP contribution in [0.25, 0.3) is 0 Å². The molecular formula is C22H29N5O3. The molecule has 3 amide bonds. The van der Waals surface area contributed by atoms with Crippen molar-refractivity contribution in [3.63, 3.8) is 0 Å². The Hall–Kier alpha value is -3.16. The Labute approximate surface area is 176 Å². The molecule has 2 N–H and O–H groups in total. The Balaban J connectivity index is 1.74. The van der Waals surface area contributed by atoms with Crippen LogP contribution in [-0.4, -0.2) is 51.5 Å². The second-order valence-corrected chi connectivity index (χ2v) is 7.99. The number of aromatic nitrogens is 2. The molecule has 30 heavy (non-hydrogen) atoms. The van der Waals surface area contributed by atoms with Gasteiger partial charge in [0, 0.05) is 26.2 Å². The number of hydrogen-bond donors (Lipinski definition) is 2. The Bertz CT molecular complexity index is 950. The highest BCUT2D eigenvalue weighted by Gasteiger charge is 2.46. The van der Waals surface area contributed by atoms with Crippen LogP contribution >= 0.6 is 0 Å². The number of hydrogen-bond acceptors (Lipinski definition) is 4. The van der Waals surface area contributed by atoms with E-state index in [1.807, 2.05) is 38.1 Å². The fourth-order valence-electron chi connectivity index (χ4n) is 3.39. The summed E-state index contributed by atoms with van der Waals surface area (Å²) in [4.78, 5) is 39.7. The van der Waals surface area contributed by atoms with Crippen LogP contribution < -0.4 is 10.6 Å². The summed E-state index contributed by atoms with van der Waals surface area (Å²) in [5.41, 5.74) is 1.51. The highest BCUT2D eigenvalue weighted by molar-refractivity contribution is 6.01. The van der Waals surface area contributed by atoms with Crippen LogP contribution in [0.4, 0.5) is 0 Å². The van der Waals surface area contributed by atoms with Crippen LogP contribution in [0.5, 0.6) is 0 Å². The van der Waals surface area contributed by atoms with Gasteiger partial charge >= 0.3 is 0 Å². The quantitative estimate of drug-likeness (QED) is 0.680. The van der Waals surface area contributed by atoms with Crippen molar-refractivity contribution in [2.24, 2.45) is 0 Å². The molecular weight excluding hydrogens is 382 g/mol. The summed E-state index contributed by atoms with van der Waals surface area (Å²) in [5, 5.41) is 10.0. The van der Waals surface area contributed by atoms with Crippen molar-refractivity contribution in [3.05, 3.63) is 52.8 Å². The minimum atomic E-state index is -1.11. The highest BCUT2D eigenvalue weighted by Crippen LogP contribution is 2.26. The average molecular weight is 412 g/mol. The maximum atomic E-state index is 13.0. The number of amides is 3. The number of rotatable bonds is 7. The van der Waals surface area contributed by atoms with Crippen LogP contribution in [0.1, 0.15) is 58.8 Å². The zero-order valence-corrected chi connectivity index (χ0v) is 18.0. The molecule has 0 radical (unpaired) electrons. The fraction of sp³-hybridized carbons (Fsp3) is 0.455. The number of nitrogens with one attached hydrogen (secondary N) is 2. The van der Waals surface area contributed by atoms with Crippen LogP contribution in [0.15, 0.2) is 30.3 Å². The molecule has 0 unspecified atom stereocenters. The lowest BCUT2D eigenvalue weighted by Crippen LogP contribution is -2.62. The van der Waals surface area contributed by atoms with Gasteiger partial charge in [0.1, 0.15) is 11.2 Å². The Morgan fingerprint density at radius 3 is 2.57 bits per heavy atom. The van der Waals surface area contributed by atoms with E-state index in [2.05, 4.69) is 15.7 Å². The topological polar surface area (TPSA) is 96.3 Å². The van der Waals surface area contributed by atoms with E-state index in [0.717, 1.165) is 24.0 Å². The molecule has 160 valence electrons. The van der Waals surface area contributed by atoms with E-state index in [0.29, 0.717) is 18.8 Å². The van der Waals surface area contributed by atoms with Gasteiger partial charge in [0.15, 0.2) is 5.69 Å². The first-order valence-corrected chi connectivity index (χ1v) is 10.2. The summed E-state index contributed by atoms with van der Waals surface area (Å²) in [6, 6.07) is 9.39. The van der Waals surface area contributed by atoms with Crippen LogP contribution in [0, 0.1) is 6.92 Å². The zero-order valence-electron chi connectivity index (χ0n) is 18.0. The molecule has 2 heterocycles. The van der Waals surface area contributed by atoms with E-state index in [-0.39, 0.29) is 30.0 Å². The summed E-state index contributed by atoms with van der Waals surface area (Å²) in [6.07, 6.45) is 1.85. The number of likely N-dealkylation sites (N-methyl/N-ethyl adjacent to an activating group) is 1. The molecule has 1 aliphatic heterocycles. The van der Waals surface area contributed by atoms with Crippen molar-refractivity contribution in [1.29, 1.82) is 0 Å². The summed E-state index contributed by atoms with van der Waals surface area (Å²) in [5.74, 6) is -0.922. The SMILES string of the molecule is CCCCNC(=O)c1cc2n(n1)C[C@](C)(C(=O)NCc1ccc(C)cc1)N(C)C2=O. The number of benzene rings is 1. The van der Waals surface area contributed by atoms with Crippen molar-refractivity contribution in [3.8, 4) is 0 Å². The number of nitrogens with zero attached hydrogens (tertiary/aromatic N) is 3. The lowest BCUT2D eigenvalue weighted by atomic mass is 9.95. The van der Waals surface area contributed by atoms with Gasteiger partial charge in [-0.3, -0.25) is 19.1 Å². The maximum absolute atomic E-state index is 13.0. The zero-order chi connectivity index (χ0) is 21.9. The number of carbonyl (C=O) groups is 3. The first-order chi connectivity index (χ1) is 14.3. The van der Waals surface area contributed by atoms with E-state index in [4.69, 9.17) is 0 Å². The molecule has 1 aromatic heterocycles. The Morgan fingerprint density at radius 1 is 1.20 bits per heavy atom. The van der Waals surface area contributed by atoms with E-state index < -0.39 is 5.54 Å². The molecule has 1 aliphatic rings. The van der Waals surface area contributed by atoms with Crippen molar-refractivity contribution in [1.82, 2.24) is 25.3 Å². The standard InChI is InChI=1S/C22H29N5O3/c1-5-6-11-23-19(28)17-12-18-20(29)26(4)22(3,14-27(18)25-17)21(30)24-13-16-9-7-15(2)8-10-16/h7-10,12H,5-6,11,13-14H2,1-4H3,(H,23,28)(H,24,30)/t22-/m1/s1. The number of carbonyl (C=O) groups excluding carboxylic acids is 3. The Kier molecular flexibility index (Phi) is 6.24. The third-order valence-electron chi connectivity index (χ3n) is 5.61. The maximum Gasteiger partial charge on any atom is 0.272 e. The molecule has 0 bridgehead atoms. The third-order valence-corrected chi connectivity index (χ3v) is 5.61. The molecule has 2 aromatic rings. The van der Waals surface area contributed by atoms with Gasteiger partial charge in [-0.2, -0.15) is 5.10 Å². The minimum Gasteiger partial charge on any atom is -0.351 e. The smallest absolute Gasteiger partial charge is 0.272 e. The van der Waals surface area contributed by atoms with Gasteiger partial charge in [0.05, 0.1) is 6.54 Å². The number of unbranched alkanes of at least 4 members (excludes halogenated alkanes) is 1. The van der Waals surface area contributed by atoms with Gasteiger partial charge in [-0.1, -0.05) is 43.2 Å². The second-order valence-electron chi connectivity index (χ2n) is 7.99. The largest absolute Gasteiger partial charge is 0.351 e. The van der Waals surface area contributed by atoms with Gasteiger partial charge in [0.25, 0.3) is 11.8 Å². The minimum absolute atomic E-state index is 0.173. The molecule has 0 saturated carbocycles. The summed E-state index contributed by atoms with van der Waals surface area (Å²) >= 11 is 0. The first kappa shape index (κ1) is 21.5. The van der Waals surface area contributed by atoms with Crippen molar-refractivity contribution in [2.75, 3.05) is 13.6 Å². The predicted octanol–water partition coefficient (Wildman–Crippen LogP) is 1.88. The van der Waals surface area contributed by atoms with E-state index in [1.54, 1.807) is 14.0 Å². The van der Waals surface area contributed by atoms with Gasteiger partial charge in [-0.15, -0.1) is 0 Å².